The molecule has 7 heteroatoms. The third-order valence-corrected chi connectivity index (χ3v) is 5.39. The Balaban J connectivity index is 3.54. The van der Waals surface area contributed by atoms with Crippen molar-refractivity contribution in [2.24, 2.45) is 0 Å². The second-order valence-corrected chi connectivity index (χ2v) is 7.34. The summed E-state index contributed by atoms with van der Waals surface area (Å²) < 4.78 is 23.8. The van der Waals surface area contributed by atoms with Crippen LogP contribution in [0.15, 0.2) is 4.90 Å². The molecule has 0 atom stereocenters. The molecule has 1 aromatic rings. The Morgan fingerprint density at radius 2 is 1.95 bits per heavy atom. The van der Waals surface area contributed by atoms with Crippen LogP contribution < -0.4 is 10.6 Å². The quantitative estimate of drug-likeness (QED) is 0.815. The molecule has 0 fully saturated rings. The molecule has 0 amide bonds. The maximum Gasteiger partial charge on any atom is 0.180 e. The van der Waals surface area contributed by atoms with E-state index in [2.05, 4.69) is 0 Å². The molecule has 0 saturated heterocycles. The Labute approximate surface area is 118 Å². The minimum atomic E-state index is -3.46. The second kappa shape index (κ2) is 5.92. The average molecular weight is 304 g/mol. The van der Waals surface area contributed by atoms with Crippen molar-refractivity contribution in [3.63, 3.8) is 0 Å². The largest absolute Gasteiger partial charge is 0.396 e. The topological polar surface area (TPSA) is 80.5 Å². The van der Waals surface area contributed by atoms with Gasteiger partial charge in [-0.25, -0.2) is 8.42 Å². The summed E-state index contributed by atoms with van der Waals surface area (Å²) in [5.74, 6) is -0.203. The predicted molar refractivity (Wildman–Crippen MR) is 80.0 cm³/mol. The van der Waals surface area contributed by atoms with Crippen LogP contribution in [0.3, 0.4) is 0 Å². The molecule has 19 heavy (non-hydrogen) atoms. The standard InChI is InChI=1S/C12H20N2O3S2/c1-5-7-14(6-2)12-11(19(4,16)17)9(13)10(18-12)8(3)15/h5-7,13H2,1-4H3. The van der Waals surface area contributed by atoms with Crippen LogP contribution in [0.2, 0.25) is 0 Å². The number of nitrogens with zero attached hydrogens (tertiary/aromatic N) is 1. The molecule has 0 aliphatic heterocycles. The van der Waals surface area contributed by atoms with Gasteiger partial charge in [-0.2, -0.15) is 0 Å². The van der Waals surface area contributed by atoms with Gasteiger partial charge in [0.05, 0.1) is 10.6 Å². The van der Waals surface area contributed by atoms with Crippen molar-refractivity contribution < 1.29 is 13.2 Å². The Morgan fingerprint density at radius 3 is 2.32 bits per heavy atom. The zero-order valence-electron chi connectivity index (χ0n) is 11.7. The van der Waals surface area contributed by atoms with Crippen LogP contribution in [0.5, 0.6) is 0 Å². The van der Waals surface area contributed by atoms with E-state index in [4.69, 9.17) is 5.73 Å². The van der Waals surface area contributed by atoms with Crippen LogP contribution in [0.1, 0.15) is 36.9 Å². The maximum absolute atomic E-state index is 11.9. The highest BCUT2D eigenvalue weighted by atomic mass is 32.2. The fourth-order valence-electron chi connectivity index (χ4n) is 1.92. The summed E-state index contributed by atoms with van der Waals surface area (Å²) >= 11 is 1.17. The minimum absolute atomic E-state index is 0.0875. The lowest BCUT2D eigenvalue weighted by molar-refractivity contribution is 0.102. The third-order valence-electron chi connectivity index (χ3n) is 2.74. The van der Waals surface area contributed by atoms with Gasteiger partial charge in [-0.1, -0.05) is 6.92 Å². The summed E-state index contributed by atoms with van der Waals surface area (Å²) in [7, 11) is -3.46. The molecule has 0 bridgehead atoms. The Morgan fingerprint density at radius 1 is 1.37 bits per heavy atom. The predicted octanol–water partition coefficient (Wildman–Crippen LogP) is 2.17. The van der Waals surface area contributed by atoms with E-state index in [1.54, 1.807) is 0 Å². The van der Waals surface area contributed by atoms with Crippen LogP contribution in [-0.2, 0) is 9.84 Å². The smallest absolute Gasteiger partial charge is 0.180 e. The van der Waals surface area contributed by atoms with E-state index in [-0.39, 0.29) is 16.4 Å². The molecule has 1 heterocycles. The number of nitrogens with two attached hydrogens (primary N) is 1. The Kier molecular flexibility index (Phi) is 4.98. The first-order valence-electron chi connectivity index (χ1n) is 6.12. The number of hydrogen-bond donors (Lipinski definition) is 1. The van der Waals surface area contributed by atoms with Gasteiger partial charge >= 0.3 is 0 Å². The van der Waals surface area contributed by atoms with E-state index in [9.17, 15) is 13.2 Å². The lowest BCUT2D eigenvalue weighted by Crippen LogP contribution is -2.24. The minimum Gasteiger partial charge on any atom is -0.396 e. The highest BCUT2D eigenvalue weighted by molar-refractivity contribution is 7.91. The number of carbonyl (C=O) groups is 1. The molecule has 5 nitrogen and oxygen atoms in total. The lowest BCUT2D eigenvalue weighted by Gasteiger charge is -2.21. The lowest BCUT2D eigenvalue weighted by atomic mass is 10.3. The van der Waals surface area contributed by atoms with Gasteiger partial charge in [-0.15, -0.1) is 11.3 Å². The molecule has 0 spiro atoms. The van der Waals surface area contributed by atoms with Gasteiger partial charge in [0.25, 0.3) is 0 Å². The summed E-state index contributed by atoms with van der Waals surface area (Å²) in [5.41, 5.74) is 5.95. The Hall–Kier alpha value is -1.08. The summed E-state index contributed by atoms with van der Waals surface area (Å²) in [4.78, 5) is 13.9. The van der Waals surface area contributed by atoms with Crippen molar-refractivity contribution in [3.05, 3.63) is 4.88 Å². The molecule has 0 radical (unpaired) electrons. The molecular weight excluding hydrogens is 284 g/mol. The molecular formula is C12H20N2O3S2. The molecule has 0 unspecified atom stereocenters. The number of anilines is 2. The van der Waals surface area contributed by atoms with E-state index in [1.165, 1.54) is 18.3 Å². The van der Waals surface area contributed by atoms with Crippen molar-refractivity contribution in [2.75, 3.05) is 30.0 Å². The number of sulfone groups is 1. The van der Waals surface area contributed by atoms with Crippen LogP contribution in [-0.4, -0.2) is 33.5 Å². The zero-order valence-corrected chi connectivity index (χ0v) is 13.3. The van der Waals surface area contributed by atoms with E-state index in [1.807, 2.05) is 18.7 Å². The van der Waals surface area contributed by atoms with Gasteiger partial charge in [0.2, 0.25) is 0 Å². The number of rotatable bonds is 6. The van der Waals surface area contributed by atoms with Crippen molar-refractivity contribution >= 4 is 37.6 Å². The molecule has 0 aliphatic carbocycles. The third kappa shape index (κ3) is 3.27. The molecule has 1 rings (SSSR count). The SMILES string of the molecule is CCCN(CC)c1sc(C(C)=O)c(N)c1S(C)(=O)=O. The second-order valence-electron chi connectivity index (χ2n) is 4.39. The van der Waals surface area contributed by atoms with Gasteiger partial charge in [0, 0.05) is 26.3 Å². The van der Waals surface area contributed by atoms with Crippen molar-refractivity contribution in [2.45, 2.75) is 32.1 Å². The zero-order chi connectivity index (χ0) is 14.8. The fourth-order valence-corrected chi connectivity index (χ4v) is 4.61. The van der Waals surface area contributed by atoms with E-state index < -0.39 is 9.84 Å². The summed E-state index contributed by atoms with van der Waals surface area (Å²) in [6.07, 6.45) is 2.02. The normalized spacial score (nSPS) is 11.6. The van der Waals surface area contributed by atoms with Gasteiger partial charge in [-0.05, 0) is 13.3 Å². The van der Waals surface area contributed by atoms with E-state index >= 15 is 0 Å². The monoisotopic (exact) mass is 304 g/mol. The van der Waals surface area contributed by atoms with Crippen LogP contribution >= 0.6 is 11.3 Å². The maximum atomic E-state index is 11.9. The summed E-state index contributed by atoms with van der Waals surface area (Å²) in [6.45, 7) is 6.77. The number of carbonyl (C=O) groups excluding carboxylic acids is 1. The highest BCUT2D eigenvalue weighted by Crippen LogP contribution is 2.41. The van der Waals surface area contributed by atoms with Gasteiger partial charge in [-0.3, -0.25) is 4.79 Å². The molecule has 0 aliphatic rings. The first kappa shape index (κ1) is 16.0. The molecule has 0 aromatic carbocycles. The molecule has 1 aromatic heterocycles. The first-order chi connectivity index (χ1) is 8.73. The summed E-state index contributed by atoms with van der Waals surface area (Å²) in [6, 6.07) is 0. The highest BCUT2D eigenvalue weighted by Gasteiger charge is 2.27. The summed E-state index contributed by atoms with van der Waals surface area (Å²) in [5, 5.41) is 0.578. The van der Waals surface area contributed by atoms with Crippen LogP contribution in [0, 0.1) is 0 Å². The number of Topliss-reactive ketones (excluding diaryl/α,β-unsaturated/α-hetero) is 1. The van der Waals surface area contributed by atoms with Crippen LogP contribution in [0.4, 0.5) is 10.7 Å². The first-order valence-corrected chi connectivity index (χ1v) is 8.82. The van der Waals surface area contributed by atoms with E-state index in [0.29, 0.717) is 16.4 Å². The number of thiophene rings is 1. The van der Waals surface area contributed by atoms with Crippen molar-refractivity contribution in [3.8, 4) is 0 Å². The molecule has 0 saturated carbocycles. The van der Waals surface area contributed by atoms with Crippen LogP contribution in [0.25, 0.3) is 0 Å². The van der Waals surface area contributed by atoms with Crippen molar-refractivity contribution in [1.82, 2.24) is 0 Å². The number of ketones is 1. The van der Waals surface area contributed by atoms with Gasteiger partial charge in [0.15, 0.2) is 15.6 Å². The number of hydrogen-bond acceptors (Lipinski definition) is 6. The fraction of sp³-hybridized carbons (Fsp3) is 0.583. The Bertz CT molecular complexity index is 576. The van der Waals surface area contributed by atoms with Gasteiger partial charge < -0.3 is 10.6 Å². The van der Waals surface area contributed by atoms with E-state index in [0.717, 1.165) is 19.2 Å². The molecule has 2 N–H and O–H groups in total. The van der Waals surface area contributed by atoms with Gasteiger partial charge in [0.1, 0.15) is 9.90 Å². The average Bonchev–Trinajstić information content (AvgIpc) is 2.63. The van der Waals surface area contributed by atoms with Crippen molar-refractivity contribution in [1.29, 1.82) is 0 Å². The molecule has 108 valence electrons. The number of nitrogen functional groups attached to an aromatic ring is 1.